The zero-order valence-electron chi connectivity index (χ0n) is 12.0. The van der Waals surface area contributed by atoms with Crippen molar-refractivity contribution in [2.45, 2.75) is 58.2 Å². The quantitative estimate of drug-likeness (QED) is 0.478. The predicted octanol–water partition coefficient (Wildman–Crippen LogP) is 2.53. The van der Waals surface area contributed by atoms with Crippen LogP contribution in [0.1, 0.15) is 52.4 Å². The maximum Gasteiger partial charge on any atom is 0.350 e. The summed E-state index contributed by atoms with van der Waals surface area (Å²) in [4.78, 5) is 23.5. The number of ether oxygens (including phenoxy) is 2. The van der Waals surface area contributed by atoms with E-state index in [1.54, 1.807) is 0 Å². The molecule has 0 spiro atoms. The Balaban J connectivity index is 2.03. The summed E-state index contributed by atoms with van der Waals surface area (Å²) < 4.78 is 10.1. The lowest BCUT2D eigenvalue weighted by Crippen LogP contribution is -2.42. The number of esters is 2. The molecule has 20 heavy (non-hydrogen) atoms. The first-order valence-corrected chi connectivity index (χ1v) is 7.10. The number of carbonyl (C=O) groups is 2. The summed E-state index contributed by atoms with van der Waals surface area (Å²) in [7, 11) is 0. The Morgan fingerprint density at radius 2 is 1.75 bits per heavy atom. The van der Waals surface area contributed by atoms with Gasteiger partial charge in [0.1, 0.15) is 0 Å². The molecule has 0 radical (unpaired) electrons. The van der Waals surface area contributed by atoms with Gasteiger partial charge in [0.2, 0.25) is 0 Å². The van der Waals surface area contributed by atoms with Gasteiger partial charge in [-0.05, 0) is 25.7 Å². The molecule has 0 aromatic rings. The van der Waals surface area contributed by atoms with Gasteiger partial charge >= 0.3 is 11.9 Å². The van der Waals surface area contributed by atoms with E-state index in [1.807, 2.05) is 0 Å². The first kappa shape index (κ1) is 14.6. The third kappa shape index (κ3) is 3.85. The molecule has 0 bridgehead atoms. The van der Waals surface area contributed by atoms with Crippen molar-refractivity contribution in [1.82, 2.24) is 5.32 Å². The van der Waals surface area contributed by atoms with Crippen LogP contribution < -0.4 is 5.32 Å². The average Bonchev–Trinajstić information content (AvgIpc) is 2.28. The Labute approximate surface area is 119 Å². The third-order valence-electron chi connectivity index (χ3n) is 3.31. The number of rotatable bonds is 2. The minimum Gasteiger partial charge on any atom is -0.419 e. The normalized spacial score (nSPS) is 25.5. The minimum absolute atomic E-state index is 0.0905. The van der Waals surface area contributed by atoms with Crippen LogP contribution in [-0.2, 0) is 19.1 Å². The van der Waals surface area contributed by atoms with Crippen molar-refractivity contribution >= 4 is 11.9 Å². The number of allylic oxidation sites excluding steroid dienone is 2. The van der Waals surface area contributed by atoms with E-state index in [1.165, 1.54) is 39.3 Å². The summed E-state index contributed by atoms with van der Waals surface area (Å²) in [5.41, 5.74) is 0.954. The molecule has 1 N–H and O–H groups in total. The summed E-state index contributed by atoms with van der Waals surface area (Å²) in [6, 6.07) is 0. The van der Waals surface area contributed by atoms with Gasteiger partial charge in [0.05, 0.1) is 0 Å². The van der Waals surface area contributed by atoms with Crippen molar-refractivity contribution < 1.29 is 19.1 Å². The molecule has 1 aliphatic heterocycles. The second-order valence-electron chi connectivity index (χ2n) is 5.56. The summed E-state index contributed by atoms with van der Waals surface area (Å²) >= 11 is 0. The van der Waals surface area contributed by atoms with Crippen molar-refractivity contribution in [3.8, 4) is 0 Å². The second kappa shape index (κ2) is 6.11. The van der Waals surface area contributed by atoms with Crippen LogP contribution in [0.4, 0.5) is 0 Å². The zero-order chi connectivity index (χ0) is 14.6. The van der Waals surface area contributed by atoms with Crippen LogP contribution in [0.2, 0.25) is 0 Å². The molecule has 0 saturated carbocycles. The Morgan fingerprint density at radius 3 is 2.45 bits per heavy atom. The first-order chi connectivity index (χ1) is 9.48. The van der Waals surface area contributed by atoms with Gasteiger partial charge in [0.25, 0.3) is 5.79 Å². The fraction of sp³-hybridized carbons (Fsp3) is 0.600. The molecule has 5 nitrogen and oxygen atoms in total. The highest BCUT2D eigenvalue weighted by molar-refractivity contribution is 6.15. The maximum atomic E-state index is 11.8. The molecule has 0 amide bonds. The molecule has 2 rings (SSSR count). The van der Waals surface area contributed by atoms with E-state index < -0.39 is 17.7 Å². The summed E-state index contributed by atoms with van der Waals surface area (Å²) in [6.45, 7) is 3.06. The maximum absolute atomic E-state index is 11.8. The number of cyclic esters (lactones) is 2. The Bertz CT molecular complexity index is 440. The largest absolute Gasteiger partial charge is 0.419 e. The highest BCUT2D eigenvalue weighted by Gasteiger charge is 2.38. The van der Waals surface area contributed by atoms with Gasteiger partial charge in [0.15, 0.2) is 5.57 Å². The number of hydrogen-bond acceptors (Lipinski definition) is 5. The molecule has 1 fully saturated rings. The molecule has 0 unspecified atom stereocenters. The molecular weight excluding hydrogens is 258 g/mol. The predicted molar refractivity (Wildman–Crippen MR) is 73.3 cm³/mol. The lowest BCUT2D eigenvalue weighted by atomic mass is 10.0. The SMILES string of the molecule is CC1(C)OC(=O)C(=CN/C2=C/CCCCCC2)C(=O)O1. The molecule has 1 aliphatic carbocycles. The molecule has 2 aliphatic rings. The van der Waals surface area contributed by atoms with Crippen molar-refractivity contribution in [2.75, 3.05) is 0 Å². The van der Waals surface area contributed by atoms with Crippen LogP contribution in [0.5, 0.6) is 0 Å². The van der Waals surface area contributed by atoms with E-state index in [2.05, 4.69) is 11.4 Å². The van der Waals surface area contributed by atoms with Crippen LogP contribution in [0, 0.1) is 0 Å². The van der Waals surface area contributed by atoms with Crippen molar-refractivity contribution in [3.05, 3.63) is 23.5 Å². The molecule has 0 aromatic carbocycles. The molecule has 0 atom stereocenters. The number of carbonyl (C=O) groups excluding carboxylic acids is 2. The molecule has 5 heteroatoms. The minimum atomic E-state index is -1.19. The Morgan fingerprint density at radius 1 is 1.10 bits per heavy atom. The molecule has 0 aromatic heterocycles. The van der Waals surface area contributed by atoms with E-state index >= 15 is 0 Å². The lowest BCUT2D eigenvalue weighted by Gasteiger charge is -2.29. The van der Waals surface area contributed by atoms with Crippen LogP contribution >= 0.6 is 0 Å². The second-order valence-corrected chi connectivity index (χ2v) is 5.56. The smallest absolute Gasteiger partial charge is 0.350 e. The van der Waals surface area contributed by atoms with Gasteiger partial charge < -0.3 is 14.8 Å². The summed E-state index contributed by atoms with van der Waals surface area (Å²) in [5.74, 6) is -2.49. The summed E-state index contributed by atoms with van der Waals surface area (Å²) in [6.07, 6.45) is 10.2. The molecule has 1 heterocycles. The van der Waals surface area contributed by atoms with E-state index in [9.17, 15) is 9.59 Å². The van der Waals surface area contributed by atoms with Crippen molar-refractivity contribution in [2.24, 2.45) is 0 Å². The van der Waals surface area contributed by atoms with Crippen LogP contribution in [0.3, 0.4) is 0 Å². The van der Waals surface area contributed by atoms with E-state index in [4.69, 9.17) is 9.47 Å². The van der Waals surface area contributed by atoms with Gasteiger partial charge in [0, 0.05) is 25.7 Å². The lowest BCUT2D eigenvalue weighted by molar-refractivity contribution is -0.222. The van der Waals surface area contributed by atoms with Gasteiger partial charge in [-0.3, -0.25) is 0 Å². The Kier molecular flexibility index (Phi) is 4.47. The average molecular weight is 279 g/mol. The molecule has 1 saturated heterocycles. The highest BCUT2D eigenvalue weighted by atomic mass is 16.7. The third-order valence-corrected chi connectivity index (χ3v) is 3.31. The van der Waals surface area contributed by atoms with Crippen LogP contribution in [0.25, 0.3) is 0 Å². The van der Waals surface area contributed by atoms with Gasteiger partial charge in [-0.2, -0.15) is 0 Å². The monoisotopic (exact) mass is 279 g/mol. The standard InChI is InChI=1S/C15H21NO4/c1-15(2)19-13(17)12(14(18)20-15)10-16-11-8-6-4-3-5-7-9-11/h8,10,16H,3-7,9H2,1-2H3/b11-8+. The molecular formula is C15H21NO4. The van der Waals surface area contributed by atoms with Crippen molar-refractivity contribution in [3.63, 3.8) is 0 Å². The fourth-order valence-corrected chi connectivity index (χ4v) is 2.27. The van der Waals surface area contributed by atoms with Gasteiger partial charge in [-0.25, -0.2) is 9.59 Å². The van der Waals surface area contributed by atoms with Crippen LogP contribution in [-0.4, -0.2) is 17.7 Å². The van der Waals surface area contributed by atoms with Gasteiger partial charge in [-0.15, -0.1) is 0 Å². The number of hydrogen-bond donors (Lipinski definition) is 1. The van der Waals surface area contributed by atoms with E-state index in [-0.39, 0.29) is 5.57 Å². The zero-order valence-corrected chi connectivity index (χ0v) is 12.0. The topological polar surface area (TPSA) is 64.6 Å². The summed E-state index contributed by atoms with van der Waals surface area (Å²) in [5, 5.41) is 3.04. The van der Waals surface area contributed by atoms with Gasteiger partial charge in [-0.1, -0.05) is 18.9 Å². The van der Waals surface area contributed by atoms with E-state index in [0.29, 0.717) is 0 Å². The number of nitrogens with one attached hydrogen (secondary N) is 1. The first-order valence-electron chi connectivity index (χ1n) is 7.10. The fourth-order valence-electron chi connectivity index (χ4n) is 2.27. The van der Waals surface area contributed by atoms with Crippen molar-refractivity contribution in [1.29, 1.82) is 0 Å². The highest BCUT2D eigenvalue weighted by Crippen LogP contribution is 2.22. The Hall–Kier alpha value is -1.78. The van der Waals surface area contributed by atoms with E-state index in [0.717, 1.165) is 25.0 Å². The molecule has 110 valence electrons. The van der Waals surface area contributed by atoms with Crippen LogP contribution in [0.15, 0.2) is 23.5 Å².